The maximum absolute atomic E-state index is 12.7. The average molecular weight is 445 g/mol. The van der Waals surface area contributed by atoms with Gasteiger partial charge in [0.25, 0.3) is 5.91 Å². The predicted octanol–water partition coefficient (Wildman–Crippen LogP) is 3.30. The van der Waals surface area contributed by atoms with E-state index in [2.05, 4.69) is 10.6 Å². The van der Waals surface area contributed by atoms with E-state index in [1.165, 1.54) is 18.2 Å². The molecule has 4 rings (SSSR count). The third kappa shape index (κ3) is 3.99. The van der Waals surface area contributed by atoms with Crippen LogP contribution in [-0.4, -0.2) is 38.0 Å². The summed E-state index contributed by atoms with van der Waals surface area (Å²) in [5, 5.41) is 6.45. The number of alkyl halides is 3. The molecule has 156 valence electrons. The fourth-order valence-electron chi connectivity index (χ4n) is 3.82. The van der Waals surface area contributed by atoms with Gasteiger partial charge in [0.05, 0.1) is 10.6 Å². The summed E-state index contributed by atoms with van der Waals surface area (Å²) in [6.07, 6.45) is 3.03. The first-order chi connectivity index (χ1) is 13.6. The highest BCUT2D eigenvalue weighted by molar-refractivity contribution is 7.93. The Labute approximate surface area is 169 Å². The molecule has 1 aromatic carbocycles. The molecule has 1 amide bonds. The van der Waals surface area contributed by atoms with Gasteiger partial charge in [0.15, 0.2) is 0 Å². The molecule has 0 radical (unpaired) electrons. The maximum Gasteiger partial charge on any atom is 0.516 e. The second kappa shape index (κ2) is 7.29. The van der Waals surface area contributed by atoms with Crippen molar-refractivity contribution in [3.05, 3.63) is 41.3 Å². The lowest BCUT2D eigenvalue weighted by Crippen LogP contribution is -2.42. The quantitative estimate of drug-likeness (QED) is 0.659. The van der Waals surface area contributed by atoms with Crippen LogP contribution in [0.1, 0.15) is 28.9 Å². The van der Waals surface area contributed by atoms with Crippen LogP contribution in [0, 0.1) is 0 Å². The van der Waals surface area contributed by atoms with Crippen molar-refractivity contribution in [2.75, 3.05) is 4.72 Å². The molecule has 1 aromatic heterocycles. The van der Waals surface area contributed by atoms with Gasteiger partial charge in [0.1, 0.15) is 0 Å². The van der Waals surface area contributed by atoms with Gasteiger partial charge in [-0.15, -0.1) is 11.3 Å². The van der Waals surface area contributed by atoms with E-state index in [9.17, 15) is 26.4 Å². The number of carbonyl (C=O) groups is 1. The van der Waals surface area contributed by atoms with Gasteiger partial charge in [-0.05, 0) is 37.5 Å². The summed E-state index contributed by atoms with van der Waals surface area (Å²) in [5.41, 5.74) is -5.35. The highest BCUT2D eigenvalue weighted by atomic mass is 32.2. The van der Waals surface area contributed by atoms with Gasteiger partial charge in [-0.2, -0.15) is 21.6 Å². The van der Waals surface area contributed by atoms with Crippen LogP contribution < -0.4 is 15.4 Å². The summed E-state index contributed by atoms with van der Waals surface area (Å²) >= 11 is 1.10. The summed E-state index contributed by atoms with van der Waals surface area (Å²) in [7, 11) is -5.54. The summed E-state index contributed by atoms with van der Waals surface area (Å²) in [5.74, 6) is -0.242. The number of carbonyl (C=O) groups excluding carboxylic acids is 1. The SMILES string of the molecule is O=C(N[C@@H]1C[C@H]2CC[C@@H]1N2)c1ccc(-c2ccccc2NS(=O)(=O)C(F)(F)F)s1. The molecular weight excluding hydrogens is 427 g/mol. The number of anilines is 1. The Hall–Kier alpha value is -2.11. The van der Waals surface area contributed by atoms with Gasteiger partial charge < -0.3 is 10.6 Å². The molecule has 3 N–H and O–H groups in total. The van der Waals surface area contributed by atoms with Crippen molar-refractivity contribution in [3.63, 3.8) is 0 Å². The summed E-state index contributed by atoms with van der Waals surface area (Å²) in [6, 6.07) is 9.74. The van der Waals surface area contributed by atoms with Crippen LogP contribution in [0.3, 0.4) is 0 Å². The highest BCUT2D eigenvalue weighted by Crippen LogP contribution is 2.36. The normalized spacial score (nSPS) is 23.9. The zero-order valence-corrected chi connectivity index (χ0v) is 16.6. The molecule has 29 heavy (non-hydrogen) atoms. The lowest BCUT2D eigenvalue weighted by atomic mass is 9.95. The molecule has 2 fully saturated rings. The van der Waals surface area contributed by atoms with E-state index in [0.717, 1.165) is 30.6 Å². The van der Waals surface area contributed by atoms with Crippen molar-refractivity contribution in [1.29, 1.82) is 0 Å². The fraction of sp³-hybridized carbons (Fsp3) is 0.389. The molecule has 0 spiro atoms. The van der Waals surface area contributed by atoms with Crippen LogP contribution in [0.5, 0.6) is 0 Å². The van der Waals surface area contributed by atoms with E-state index < -0.39 is 15.5 Å². The lowest BCUT2D eigenvalue weighted by molar-refractivity contribution is -0.0429. The molecule has 6 nitrogen and oxygen atoms in total. The van der Waals surface area contributed by atoms with Gasteiger partial charge in [-0.1, -0.05) is 18.2 Å². The van der Waals surface area contributed by atoms with Crippen molar-refractivity contribution in [1.82, 2.24) is 10.6 Å². The van der Waals surface area contributed by atoms with Crippen molar-refractivity contribution < 1.29 is 26.4 Å². The first kappa shape index (κ1) is 20.2. The number of hydrogen-bond acceptors (Lipinski definition) is 5. The summed E-state index contributed by atoms with van der Waals surface area (Å²) in [6.45, 7) is 0. The van der Waals surface area contributed by atoms with Gasteiger partial charge in [0.2, 0.25) is 0 Å². The van der Waals surface area contributed by atoms with E-state index in [4.69, 9.17) is 0 Å². The second-order valence-corrected chi connectivity index (χ2v) is 9.88. The number of amides is 1. The number of para-hydroxylation sites is 1. The first-order valence-corrected chi connectivity index (χ1v) is 11.3. The van der Waals surface area contributed by atoms with Gasteiger partial charge in [-0.25, -0.2) is 0 Å². The van der Waals surface area contributed by atoms with Crippen molar-refractivity contribution >= 4 is 33.0 Å². The predicted molar refractivity (Wildman–Crippen MR) is 104 cm³/mol. The molecule has 2 saturated heterocycles. The highest BCUT2D eigenvalue weighted by Gasteiger charge is 2.46. The van der Waals surface area contributed by atoms with E-state index in [-0.39, 0.29) is 29.2 Å². The topological polar surface area (TPSA) is 87.3 Å². The molecule has 11 heteroatoms. The van der Waals surface area contributed by atoms with Crippen LogP contribution in [0.15, 0.2) is 36.4 Å². The minimum atomic E-state index is -5.54. The zero-order valence-electron chi connectivity index (χ0n) is 15.0. The van der Waals surface area contributed by atoms with Crippen LogP contribution in [0.4, 0.5) is 18.9 Å². The number of sulfonamides is 1. The fourth-order valence-corrected chi connectivity index (χ4v) is 5.35. The lowest BCUT2D eigenvalue weighted by Gasteiger charge is -2.21. The smallest absolute Gasteiger partial charge is 0.347 e. The number of nitrogens with one attached hydrogen (secondary N) is 3. The molecule has 0 aliphatic carbocycles. The van der Waals surface area contributed by atoms with Gasteiger partial charge in [0, 0.05) is 28.6 Å². The third-order valence-electron chi connectivity index (χ3n) is 5.19. The Morgan fingerprint density at radius 1 is 1.14 bits per heavy atom. The minimum absolute atomic E-state index is 0.0673. The largest absolute Gasteiger partial charge is 0.516 e. The van der Waals surface area contributed by atoms with Crippen molar-refractivity contribution in [3.8, 4) is 10.4 Å². The monoisotopic (exact) mass is 445 g/mol. The molecular formula is C18H18F3N3O3S2. The number of halogens is 3. The Balaban J connectivity index is 1.53. The number of rotatable bonds is 5. The maximum atomic E-state index is 12.7. The van der Waals surface area contributed by atoms with Crippen molar-refractivity contribution in [2.45, 2.75) is 42.9 Å². The third-order valence-corrected chi connectivity index (χ3v) is 7.40. The summed E-state index contributed by atoms with van der Waals surface area (Å²) in [4.78, 5) is 13.5. The Morgan fingerprint density at radius 2 is 1.90 bits per heavy atom. The van der Waals surface area contributed by atoms with Crippen LogP contribution in [0.2, 0.25) is 0 Å². The van der Waals surface area contributed by atoms with Gasteiger partial charge in [-0.3, -0.25) is 9.52 Å². The molecule has 3 heterocycles. The molecule has 0 saturated carbocycles. The average Bonchev–Trinajstić information content (AvgIpc) is 3.37. The van der Waals surface area contributed by atoms with E-state index in [0.29, 0.717) is 15.8 Å². The Kier molecular flexibility index (Phi) is 5.07. The van der Waals surface area contributed by atoms with Crippen LogP contribution in [-0.2, 0) is 10.0 Å². The molecule has 3 atom stereocenters. The number of fused-ring (bicyclic) bond motifs is 2. The molecule has 2 aliphatic rings. The second-order valence-electron chi connectivity index (χ2n) is 7.12. The zero-order chi connectivity index (χ0) is 20.8. The first-order valence-electron chi connectivity index (χ1n) is 8.99. The number of thiophene rings is 1. The molecule has 2 aromatic rings. The Morgan fingerprint density at radius 3 is 2.55 bits per heavy atom. The van der Waals surface area contributed by atoms with Crippen LogP contribution >= 0.6 is 11.3 Å². The molecule has 2 bridgehead atoms. The van der Waals surface area contributed by atoms with Crippen LogP contribution in [0.25, 0.3) is 10.4 Å². The standard InChI is InChI=1S/C18H18F3N3O3S2/c19-18(20,21)29(26,27)24-12-4-2-1-3-11(12)15-7-8-16(28-15)17(25)23-14-9-10-5-6-13(14)22-10/h1-4,7-8,10,13-14,22,24H,5-6,9H2,(H,23,25)/t10-,13+,14-/m1/s1. The minimum Gasteiger partial charge on any atom is -0.347 e. The van der Waals surface area contributed by atoms with Crippen molar-refractivity contribution in [2.24, 2.45) is 0 Å². The van der Waals surface area contributed by atoms with Gasteiger partial charge >= 0.3 is 15.5 Å². The molecule has 2 aliphatic heterocycles. The Bertz CT molecular complexity index is 1040. The summed E-state index contributed by atoms with van der Waals surface area (Å²) < 4.78 is 62.7. The molecule has 0 unspecified atom stereocenters. The number of benzene rings is 1. The van der Waals surface area contributed by atoms with E-state index in [1.807, 2.05) is 0 Å². The van der Waals surface area contributed by atoms with E-state index in [1.54, 1.807) is 22.9 Å². The number of hydrogen-bond donors (Lipinski definition) is 3. The van der Waals surface area contributed by atoms with E-state index >= 15 is 0 Å².